The highest BCUT2D eigenvalue weighted by Crippen LogP contribution is 2.34. The molecule has 19 heavy (non-hydrogen) atoms. The Balaban J connectivity index is 2.18. The van der Waals surface area contributed by atoms with E-state index in [1.165, 1.54) is 0 Å². The molecule has 104 valence electrons. The molecule has 0 bridgehead atoms. The number of carbonyl (C=O) groups excluding carboxylic acids is 1. The van der Waals surface area contributed by atoms with E-state index in [2.05, 4.69) is 9.97 Å². The third kappa shape index (κ3) is 3.35. The van der Waals surface area contributed by atoms with E-state index >= 15 is 0 Å². The Hall–Kier alpha value is -1.36. The monoisotopic (exact) mass is 283 g/mol. The molecule has 2 rings (SSSR count). The summed E-state index contributed by atoms with van der Waals surface area (Å²) in [5, 5.41) is 0.350. The van der Waals surface area contributed by atoms with E-state index in [4.69, 9.17) is 16.3 Å². The van der Waals surface area contributed by atoms with Crippen molar-refractivity contribution in [1.82, 2.24) is 14.9 Å². The van der Waals surface area contributed by atoms with Crippen LogP contribution in [-0.4, -0.2) is 33.1 Å². The zero-order valence-electron chi connectivity index (χ0n) is 11.4. The lowest BCUT2D eigenvalue weighted by Crippen LogP contribution is -2.36. The molecule has 0 unspecified atom stereocenters. The summed E-state index contributed by atoms with van der Waals surface area (Å²) in [5.41, 5.74) is 0.142. The number of carbonyl (C=O) groups is 1. The smallest absolute Gasteiger partial charge is 0.410 e. The van der Waals surface area contributed by atoms with Gasteiger partial charge in [-0.2, -0.15) is 0 Å². The molecule has 1 aliphatic rings. The van der Waals surface area contributed by atoms with Crippen molar-refractivity contribution < 1.29 is 9.53 Å². The third-order valence-electron chi connectivity index (χ3n) is 2.88. The number of likely N-dealkylation sites (tertiary alicyclic amines) is 1. The second kappa shape index (κ2) is 5.33. The molecule has 1 saturated heterocycles. The van der Waals surface area contributed by atoms with E-state index in [-0.39, 0.29) is 12.1 Å². The van der Waals surface area contributed by atoms with Crippen LogP contribution < -0.4 is 0 Å². The van der Waals surface area contributed by atoms with Crippen molar-refractivity contribution in [3.05, 3.63) is 23.2 Å². The lowest BCUT2D eigenvalue weighted by Gasteiger charge is -2.28. The van der Waals surface area contributed by atoms with Gasteiger partial charge in [0, 0.05) is 18.9 Å². The molecular weight excluding hydrogens is 266 g/mol. The van der Waals surface area contributed by atoms with Crippen LogP contribution in [-0.2, 0) is 4.74 Å². The number of aromatic nitrogens is 2. The van der Waals surface area contributed by atoms with Gasteiger partial charge in [0.25, 0.3) is 0 Å². The molecule has 1 aliphatic heterocycles. The highest BCUT2D eigenvalue weighted by molar-refractivity contribution is 6.30. The summed E-state index contributed by atoms with van der Waals surface area (Å²) in [6.07, 6.45) is 4.55. The van der Waals surface area contributed by atoms with Gasteiger partial charge in [-0.3, -0.25) is 9.88 Å². The number of rotatable bonds is 1. The molecule has 5 nitrogen and oxygen atoms in total. The summed E-state index contributed by atoms with van der Waals surface area (Å²) in [6, 6.07) is -0.143. The zero-order valence-corrected chi connectivity index (χ0v) is 12.1. The number of ether oxygens (including phenoxy) is 1. The van der Waals surface area contributed by atoms with Crippen LogP contribution >= 0.6 is 11.6 Å². The lowest BCUT2D eigenvalue weighted by molar-refractivity contribution is 0.0221. The lowest BCUT2D eigenvalue weighted by atomic mass is 10.1. The first-order valence-corrected chi connectivity index (χ1v) is 6.72. The summed E-state index contributed by atoms with van der Waals surface area (Å²) in [7, 11) is 0. The molecular formula is C13H18ClN3O2. The van der Waals surface area contributed by atoms with E-state index in [0.29, 0.717) is 17.4 Å². The Labute approximate surface area is 117 Å². The van der Waals surface area contributed by atoms with Crippen LogP contribution in [0.1, 0.15) is 45.3 Å². The minimum Gasteiger partial charge on any atom is -0.444 e. The van der Waals surface area contributed by atoms with Gasteiger partial charge in [0.2, 0.25) is 0 Å². The molecule has 0 radical (unpaired) electrons. The second-order valence-corrected chi connectivity index (χ2v) is 5.92. The summed E-state index contributed by atoms with van der Waals surface area (Å²) in [6.45, 7) is 6.22. The molecule has 0 N–H and O–H groups in total. The first kappa shape index (κ1) is 14.1. The van der Waals surface area contributed by atoms with Crippen molar-refractivity contribution >= 4 is 17.7 Å². The van der Waals surface area contributed by atoms with Crippen LogP contribution in [0.2, 0.25) is 5.15 Å². The van der Waals surface area contributed by atoms with Crippen molar-refractivity contribution in [2.24, 2.45) is 0 Å². The Morgan fingerprint density at radius 3 is 2.74 bits per heavy atom. The SMILES string of the molecule is CC(C)(C)OC(=O)N1CCC[C@H]1c1nccnc1Cl. The van der Waals surface area contributed by atoms with E-state index < -0.39 is 5.60 Å². The molecule has 0 aliphatic carbocycles. The summed E-state index contributed by atoms with van der Waals surface area (Å²) in [5.74, 6) is 0. The van der Waals surface area contributed by atoms with Crippen LogP contribution in [0.25, 0.3) is 0 Å². The minimum absolute atomic E-state index is 0.143. The highest BCUT2D eigenvalue weighted by Gasteiger charge is 2.35. The van der Waals surface area contributed by atoms with Crippen LogP contribution in [0.15, 0.2) is 12.4 Å². The molecule has 1 atom stereocenters. The minimum atomic E-state index is -0.504. The topological polar surface area (TPSA) is 55.3 Å². The van der Waals surface area contributed by atoms with Gasteiger partial charge in [0.05, 0.1) is 6.04 Å². The van der Waals surface area contributed by atoms with E-state index in [1.54, 1.807) is 17.3 Å². The molecule has 1 amide bonds. The Kier molecular flexibility index (Phi) is 3.94. The van der Waals surface area contributed by atoms with Crippen LogP contribution in [0, 0.1) is 0 Å². The van der Waals surface area contributed by atoms with Crippen molar-refractivity contribution in [1.29, 1.82) is 0 Å². The Morgan fingerprint density at radius 1 is 1.42 bits per heavy atom. The van der Waals surface area contributed by atoms with Gasteiger partial charge in [0.1, 0.15) is 11.3 Å². The quantitative estimate of drug-likeness (QED) is 0.794. The van der Waals surface area contributed by atoms with Gasteiger partial charge in [-0.1, -0.05) is 11.6 Å². The number of hydrogen-bond donors (Lipinski definition) is 0. The first-order chi connectivity index (χ1) is 8.88. The summed E-state index contributed by atoms with van der Waals surface area (Å²) >= 11 is 6.05. The standard InChI is InChI=1S/C13H18ClN3O2/c1-13(2,3)19-12(18)17-8-4-5-9(17)10-11(14)16-7-6-15-10/h6-7,9H,4-5,8H2,1-3H3/t9-/m0/s1. The fourth-order valence-corrected chi connectivity index (χ4v) is 2.38. The van der Waals surface area contributed by atoms with E-state index in [1.807, 2.05) is 20.8 Å². The average Bonchev–Trinajstić information content (AvgIpc) is 2.76. The predicted octanol–water partition coefficient (Wildman–Crippen LogP) is 3.20. The normalized spacial score (nSPS) is 19.6. The third-order valence-corrected chi connectivity index (χ3v) is 3.17. The average molecular weight is 284 g/mol. The number of amides is 1. The van der Waals surface area contributed by atoms with Crippen LogP contribution in [0.5, 0.6) is 0 Å². The highest BCUT2D eigenvalue weighted by atomic mass is 35.5. The first-order valence-electron chi connectivity index (χ1n) is 6.34. The maximum absolute atomic E-state index is 12.2. The molecule has 2 heterocycles. The Morgan fingerprint density at radius 2 is 2.11 bits per heavy atom. The second-order valence-electron chi connectivity index (χ2n) is 5.56. The van der Waals surface area contributed by atoms with E-state index in [9.17, 15) is 4.79 Å². The number of hydrogen-bond acceptors (Lipinski definition) is 4. The fourth-order valence-electron chi connectivity index (χ4n) is 2.15. The molecule has 1 aromatic heterocycles. The summed E-state index contributed by atoms with van der Waals surface area (Å²) in [4.78, 5) is 22.1. The van der Waals surface area contributed by atoms with Crippen molar-refractivity contribution in [3.63, 3.8) is 0 Å². The van der Waals surface area contributed by atoms with Crippen molar-refractivity contribution in [3.8, 4) is 0 Å². The van der Waals surface area contributed by atoms with Crippen LogP contribution in [0.3, 0.4) is 0 Å². The van der Waals surface area contributed by atoms with E-state index in [0.717, 1.165) is 12.8 Å². The molecule has 0 aromatic carbocycles. The maximum atomic E-state index is 12.2. The summed E-state index contributed by atoms with van der Waals surface area (Å²) < 4.78 is 5.41. The largest absolute Gasteiger partial charge is 0.444 e. The molecule has 1 aromatic rings. The van der Waals surface area contributed by atoms with Crippen molar-refractivity contribution in [2.45, 2.75) is 45.3 Å². The zero-order chi connectivity index (χ0) is 14.0. The van der Waals surface area contributed by atoms with Gasteiger partial charge in [0.15, 0.2) is 5.15 Å². The molecule has 6 heteroatoms. The maximum Gasteiger partial charge on any atom is 0.410 e. The number of halogens is 1. The van der Waals surface area contributed by atoms with Gasteiger partial charge < -0.3 is 4.74 Å². The fraction of sp³-hybridized carbons (Fsp3) is 0.615. The van der Waals surface area contributed by atoms with Crippen LogP contribution in [0.4, 0.5) is 4.79 Å². The Bertz CT molecular complexity index is 473. The van der Waals surface area contributed by atoms with Gasteiger partial charge in [-0.15, -0.1) is 0 Å². The predicted molar refractivity (Wildman–Crippen MR) is 72.0 cm³/mol. The van der Waals surface area contributed by atoms with Gasteiger partial charge in [-0.05, 0) is 33.6 Å². The molecule has 0 saturated carbocycles. The van der Waals surface area contributed by atoms with Crippen molar-refractivity contribution in [2.75, 3.05) is 6.54 Å². The van der Waals surface area contributed by atoms with Gasteiger partial charge >= 0.3 is 6.09 Å². The number of nitrogens with zero attached hydrogens (tertiary/aromatic N) is 3. The molecule has 1 fully saturated rings. The molecule has 0 spiro atoms. The van der Waals surface area contributed by atoms with Gasteiger partial charge in [-0.25, -0.2) is 9.78 Å².